The van der Waals surface area contributed by atoms with Crippen molar-refractivity contribution in [3.8, 4) is 0 Å². The van der Waals surface area contributed by atoms with Crippen molar-refractivity contribution < 1.29 is 13.2 Å². The topological polar surface area (TPSA) is 66.5 Å². The normalized spacial score (nSPS) is 31.5. The molecule has 2 rings (SSSR count). The molecular formula is C12H22N2O3S. The molecule has 0 bridgehead atoms. The van der Waals surface area contributed by atoms with E-state index in [1.807, 2.05) is 11.9 Å². The number of likely N-dealkylation sites (tertiary alicyclic amines) is 1. The van der Waals surface area contributed by atoms with Crippen LogP contribution in [-0.4, -0.2) is 56.9 Å². The molecule has 18 heavy (non-hydrogen) atoms. The van der Waals surface area contributed by atoms with Crippen LogP contribution in [0, 0.1) is 5.92 Å². The number of carbonyl (C=O) groups is 1. The molecule has 0 aromatic carbocycles. The van der Waals surface area contributed by atoms with Gasteiger partial charge in [-0.3, -0.25) is 4.79 Å². The average Bonchev–Trinajstić information content (AvgIpc) is 2.70. The molecule has 104 valence electrons. The van der Waals surface area contributed by atoms with Crippen LogP contribution in [0.2, 0.25) is 0 Å². The third-order valence-electron chi connectivity index (χ3n) is 3.93. The summed E-state index contributed by atoms with van der Waals surface area (Å²) in [7, 11) is -1.09. The lowest BCUT2D eigenvalue weighted by Gasteiger charge is -2.37. The molecule has 2 aliphatic rings. The van der Waals surface area contributed by atoms with E-state index in [2.05, 4.69) is 5.32 Å². The average molecular weight is 274 g/mol. The van der Waals surface area contributed by atoms with Gasteiger partial charge in [0.2, 0.25) is 5.91 Å². The zero-order chi connectivity index (χ0) is 13.2. The third kappa shape index (κ3) is 3.03. The van der Waals surface area contributed by atoms with Crippen LogP contribution in [0.5, 0.6) is 0 Å². The molecule has 2 atom stereocenters. The van der Waals surface area contributed by atoms with Crippen molar-refractivity contribution in [3.63, 3.8) is 0 Å². The molecule has 6 heteroatoms. The number of nitrogens with one attached hydrogen (secondary N) is 1. The van der Waals surface area contributed by atoms with Crippen LogP contribution in [0.25, 0.3) is 0 Å². The van der Waals surface area contributed by atoms with E-state index in [4.69, 9.17) is 0 Å². The summed E-state index contributed by atoms with van der Waals surface area (Å²) in [6.07, 6.45) is 3.71. The summed E-state index contributed by atoms with van der Waals surface area (Å²) >= 11 is 0. The van der Waals surface area contributed by atoms with Gasteiger partial charge in [-0.25, -0.2) is 8.42 Å². The van der Waals surface area contributed by atoms with Gasteiger partial charge in [0.1, 0.15) is 0 Å². The SMILES string of the molecule is CNCC1CCCCN1C(=O)C1CCS(=O)(=O)C1. The van der Waals surface area contributed by atoms with Gasteiger partial charge in [-0.1, -0.05) is 0 Å². The molecule has 5 nitrogen and oxygen atoms in total. The van der Waals surface area contributed by atoms with Crippen LogP contribution < -0.4 is 5.32 Å². The zero-order valence-electron chi connectivity index (χ0n) is 10.9. The maximum absolute atomic E-state index is 12.4. The first-order valence-electron chi connectivity index (χ1n) is 6.69. The number of nitrogens with zero attached hydrogens (tertiary/aromatic N) is 1. The van der Waals surface area contributed by atoms with E-state index in [0.29, 0.717) is 6.42 Å². The minimum atomic E-state index is -2.97. The fourth-order valence-electron chi connectivity index (χ4n) is 2.96. The number of hydrogen-bond acceptors (Lipinski definition) is 4. The lowest BCUT2D eigenvalue weighted by atomic mass is 9.98. The van der Waals surface area contributed by atoms with E-state index in [1.165, 1.54) is 0 Å². The molecular weight excluding hydrogens is 252 g/mol. The molecule has 0 aliphatic carbocycles. The minimum Gasteiger partial charge on any atom is -0.338 e. The van der Waals surface area contributed by atoms with Crippen LogP contribution in [0.1, 0.15) is 25.7 Å². The van der Waals surface area contributed by atoms with Gasteiger partial charge in [-0.05, 0) is 32.7 Å². The summed E-state index contributed by atoms with van der Waals surface area (Å²) in [5.41, 5.74) is 0. The van der Waals surface area contributed by atoms with Crippen LogP contribution in [0.15, 0.2) is 0 Å². The first-order chi connectivity index (χ1) is 8.53. The molecule has 2 unspecified atom stereocenters. The van der Waals surface area contributed by atoms with Crippen molar-refractivity contribution in [2.45, 2.75) is 31.7 Å². The lowest BCUT2D eigenvalue weighted by molar-refractivity contribution is -0.138. The summed E-state index contributed by atoms with van der Waals surface area (Å²) in [5, 5.41) is 3.12. The maximum Gasteiger partial charge on any atom is 0.227 e. The number of hydrogen-bond donors (Lipinski definition) is 1. The summed E-state index contributed by atoms with van der Waals surface area (Å²) in [6.45, 7) is 1.58. The Kier molecular flexibility index (Phi) is 4.27. The molecule has 2 fully saturated rings. The smallest absolute Gasteiger partial charge is 0.227 e. The van der Waals surface area contributed by atoms with E-state index >= 15 is 0 Å². The fourth-order valence-corrected chi connectivity index (χ4v) is 4.70. The second kappa shape index (κ2) is 5.57. The zero-order valence-corrected chi connectivity index (χ0v) is 11.7. The number of likely N-dealkylation sites (N-methyl/N-ethyl adjacent to an activating group) is 1. The molecule has 1 amide bonds. The Morgan fingerprint density at radius 2 is 2.11 bits per heavy atom. The van der Waals surface area contributed by atoms with Gasteiger partial charge in [-0.15, -0.1) is 0 Å². The van der Waals surface area contributed by atoms with E-state index < -0.39 is 9.84 Å². The molecule has 2 saturated heterocycles. The van der Waals surface area contributed by atoms with E-state index in [0.717, 1.165) is 32.4 Å². The van der Waals surface area contributed by atoms with Crippen molar-refractivity contribution in [3.05, 3.63) is 0 Å². The van der Waals surface area contributed by atoms with Crippen molar-refractivity contribution >= 4 is 15.7 Å². The number of piperidine rings is 1. The summed E-state index contributed by atoms with van der Waals surface area (Å²) < 4.78 is 22.9. The predicted octanol–water partition coefficient (Wildman–Crippen LogP) is 0.0216. The molecule has 0 aromatic heterocycles. The maximum atomic E-state index is 12.4. The highest BCUT2D eigenvalue weighted by atomic mass is 32.2. The van der Waals surface area contributed by atoms with Gasteiger partial charge < -0.3 is 10.2 Å². The first-order valence-corrected chi connectivity index (χ1v) is 8.51. The Morgan fingerprint density at radius 3 is 2.72 bits per heavy atom. The van der Waals surface area contributed by atoms with E-state index in [9.17, 15) is 13.2 Å². The molecule has 2 heterocycles. The Bertz CT molecular complexity index is 406. The Morgan fingerprint density at radius 1 is 1.33 bits per heavy atom. The summed E-state index contributed by atoms with van der Waals surface area (Å²) in [4.78, 5) is 14.3. The molecule has 0 saturated carbocycles. The highest BCUT2D eigenvalue weighted by Gasteiger charge is 2.37. The highest BCUT2D eigenvalue weighted by Crippen LogP contribution is 2.25. The Hall–Kier alpha value is -0.620. The van der Waals surface area contributed by atoms with Crippen LogP contribution >= 0.6 is 0 Å². The van der Waals surface area contributed by atoms with E-state index in [1.54, 1.807) is 0 Å². The largest absolute Gasteiger partial charge is 0.338 e. The van der Waals surface area contributed by atoms with Crippen LogP contribution in [0.3, 0.4) is 0 Å². The number of amides is 1. The molecule has 1 N–H and O–H groups in total. The van der Waals surface area contributed by atoms with Gasteiger partial charge in [0.05, 0.1) is 17.4 Å². The van der Waals surface area contributed by atoms with Crippen LogP contribution in [0.4, 0.5) is 0 Å². The number of rotatable bonds is 3. The summed E-state index contributed by atoms with van der Waals surface area (Å²) in [6, 6.07) is 0.236. The minimum absolute atomic E-state index is 0.0502. The second-order valence-corrected chi connectivity index (χ2v) is 7.57. The van der Waals surface area contributed by atoms with Crippen molar-refractivity contribution in [2.75, 3.05) is 31.6 Å². The summed E-state index contributed by atoms with van der Waals surface area (Å²) in [5.74, 6) is -0.0220. The Balaban J connectivity index is 2.02. The van der Waals surface area contributed by atoms with Gasteiger partial charge in [-0.2, -0.15) is 0 Å². The third-order valence-corrected chi connectivity index (χ3v) is 5.70. The standard InChI is InChI=1S/C12H22N2O3S/c1-13-8-11-4-2-3-6-14(11)12(15)10-5-7-18(16,17)9-10/h10-11,13H,2-9H2,1H3. The lowest BCUT2D eigenvalue weighted by Crippen LogP contribution is -2.50. The highest BCUT2D eigenvalue weighted by molar-refractivity contribution is 7.91. The number of carbonyl (C=O) groups excluding carboxylic acids is 1. The number of sulfone groups is 1. The molecule has 2 aliphatic heterocycles. The predicted molar refractivity (Wildman–Crippen MR) is 70.0 cm³/mol. The first kappa shape index (κ1) is 13.8. The molecule has 0 radical (unpaired) electrons. The van der Waals surface area contributed by atoms with Gasteiger partial charge >= 0.3 is 0 Å². The van der Waals surface area contributed by atoms with Gasteiger partial charge in [0.25, 0.3) is 0 Å². The quantitative estimate of drug-likeness (QED) is 0.788. The molecule has 0 aromatic rings. The van der Waals surface area contributed by atoms with Gasteiger partial charge in [0, 0.05) is 19.1 Å². The monoisotopic (exact) mass is 274 g/mol. The van der Waals surface area contributed by atoms with Crippen molar-refractivity contribution in [2.24, 2.45) is 5.92 Å². The second-order valence-electron chi connectivity index (χ2n) is 5.34. The fraction of sp³-hybridized carbons (Fsp3) is 0.917. The Labute approximate surface area is 109 Å². The molecule has 0 spiro atoms. The van der Waals surface area contributed by atoms with Gasteiger partial charge in [0.15, 0.2) is 9.84 Å². The van der Waals surface area contributed by atoms with E-state index in [-0.39, 0.29) is 29.4 Å². The van der Waals surface area contributed by atoms with Crippen molar-refractivity contribution in [1.29, 1.82) is 0 Å². The van der Waals surface area contributed by atoms with Crippen LogP contribution in [-0.2, 0) is 14.6 Å². The van der Waals surface area contributed by atoms with Crippen molar-refractivity contribution in [1.82, 2.24) is 10.2 Å².